The van der Waals surface area contributed by atoms with Gasteiger partial charge in [0.25, 0.3) is 0 Å². The first kappa shape index (κ1) is 16.2. The Morgan fingerprint density at radius 1 is 1.43 bits per heavy atom. The van der Waals surface area contributed by atoms with Gasteiger partial charge in [-0.3, -0.25) is 0 Å². The van der Waals surface area contributed by atoms with Crippen molar-refractivity contribution in [3.05, 3.63) is 18.3 Å². The number of nitrogens with two attached hydrogens (primary N) is 1. The zero-order chi connectivity index (χ0) is 15.6. The zero-order valence-electron chi connectivity index (χ0n) is 12.9. The minimum absolute atomic E-state index is 0.214. The number of nitrogens with zero attached hydrogens (tertiary/aromatic N) is 3. The van der Waals surface area contributed by atoms with Crippen LogP contribution in [0.2, 0.25) is 0 Å². The lowest BCUT2D eigenvalue weighted by molar-refractivity contribution is 0.365. The number of pyridine rings is 1. The Kier molecular flexibility index (Phi) is 4.85. The Labute approximate surface area is 127 Å². The lowest BCUT2D eigenvalue weighted by atomic mass is 9.92. The van der Waals surface area contributed by atoms with E-state index in [4.69, 9.17) is 5.73 Å². The summed E-state index contributed by atoms with van der Waals surface area (Å²) in [4.78, 5) is 6.74. The molecular formula is C14H24N4O2S. The number of hydrogen-bond donors (Lipinski definition) is 1. The van der Waals surface area contributed by atoms with Crippen LogP contribution in [0.25, 0.3) is 0 Å². The Morgan fingerprint density at radius 2 is 2.14 bits per heavy atom. The third-order valence-electron chi connectivity index (χ3n) is 4.04. The molecule has 21 heavy (non-hydrogen) atoms. The van der Waals surface area contributed by atoms with Crippen molar-refractivity contribution in [1.82, 2.24) is 9.29 Å². The molecule has 1 fully saturated rings. The number of piperidine rings is 1. The molecule has 0 spiro atoms. The Bertz CT molecular complexity index is 571. The van der Waals surface area contributed by atoms with E-state index in [9.17, 15) is 8.42 Å². The lowest BCUT2D eigenvalue weighted by Gasteiger charge is -2.38. The van der Waals surface area contributed by atoms with Crippen molar-refractivity contribution in [1.29, 1.82) is 0 Å². The normalized spacial score (nSPS) is 23.6. The largest absolute Gasteiger partial charge is 0.352 e. The van der Waals surface area contributed by atoms with E-state index in [0.717, 1.165) is 25.2 Å². The van der Waals surface area contributed by atoms with Gasteiger partial charge in [0.2, 0.25) is 10.0 Å². The fraction of sp³-hybridized carbons (Fsp3) is 0.643. The van der Waals surface area contributed by atoms with Gasteiger partial charge in [-0.15, -0.1) is 0 Å². The average Bonchev–Trinajstić information content (AvgIpc) is 2.47. The number of anilines is 1. The van der Waals surface area contributed by atoms with Crippen LogP contribution in [0.1, 0.15) is 19.8 Å². The predicted molar refractivity (Wildman–Crippen MR) is 83.7 cm³/mol. The first-order chi connectivity index (χ1) is 9.86. The maximum atomic E-state index is 12.0. The average molecular weight is 312 g/mol. The molecule has 1 aromatic heterocycles. The topological polar surface area (TPSA) is 79.5 Å². The SMILES string of the molecule is CC1CCN(c2ccc(S(=O)(=O)N(C)C)cn2)C(CN)C1. The number of rotatable bonds is 4. The van der Waals surface area contributed by atoms with Crippen molar-refractivity contribution in [2.45, 2.75) is 30.7 Å². The Hall–Kier alpha value is -1.18. The fourth-order valence-electron chi connectivity index (χ4n) is 2.68. The van der Waals surface area contributed by atoms with Crippen LogP contribution in [0.3, 0.4) is 0 Å². The molecule has 1 aliphatic rings. The molecule has 0 bridgehead atoms. The van der Waals surface area contributed by atoms with E-state index in [1.54, 1.807) is 12.1 Å². The standard InChI is InChI=1S/C14H24N4O2S/c1-11-6-7-18(12(8-11)9-15)14-5-4-13(10-16-14)21(19,20)17(2)3/h4-5,10-12H,6-9,15H2,1-3H3. The van der Waals surface area contributed by atoms with Gasteiger partial charge in [-0.1, -0.05) is 6.92 Å². The third-order valence-corrected chi connectivity index (χ3v) is 5.84. The zero-order valence-corrected chi connectivity index (χ0v) is 13.7. The number of hydrogen-bond acceptors (Lipinski definition) is 5. The molecule has 1 saturated heterocycles. The van der Waals surface area contributed by atoms with E-state index in [1.807, 2.05) is 0 Å². The molecule has 0 aliphatic carbocycles. The molecule has 118 valence electrons. The molecule has 2 heterocycles. The molecule has 2 unspecified atom stereocenters. The van der Waals surface area contributed by atoms with Gasteiger partial charge >= 0.3 is 0 Å². The molecule has 0 aromatic carbocycles. The predicted octanol–water partition coefficient (Wildman–Crippen LogP) is 0.896. The Morgan fingerprint density at radius 3 is 2.67 bits per heavy atom. The van der Waals surface area contributed by atoms with Crippen molar-refractivity contribution in [2.75, 3.05) is 32.1 Å². The molecule has 0 saturated carbocycles. The molecule has 0 radical (unpaired) electrons. The number of aromatic nitrogens is 1. The quantitative estimate of drug-likeness (QED) is 0.893. The van der Waals surface area contributed by atoms with Gasteiger partial charge in [-0.05, 0) is 30.9 Å². The summed E-state index contributed by atoms with van der Waals surface area (Å²) in [6.45, 7) is 3.74. The summed E-state index contributed by atoms with van der Waals surface area (Å²) in [5.41, 5.74) is 5.86. The van der Waals surface area contributed by atoms with Crippen LogP contribution in [-0.2, 0) is 10.0 Å². The smallest absolute Gasteiger partial charge is 0.244 e. The van der Waals surface area contributed by atoms with E-state index in [1.165, 1.54) is 24.6 Å². The summed E-state index contributed by atoms with van der Waals surface area (Å²) in [5, 5.41) is 0. The van der Waals surface area contributed by atoms with Gasteiger partial charge in [-0.2, -0.15) is 0 Å². The van der Waals surface area contributed by atoms with Crippen LogP contribution in [0.4, 0.5) is 5.82 Å². The van der Waals surface area contributed by atoms with E-state index in [-0.39, 0.29) is 10.9 Å². The fourth-order valence-corrected chi connectivity index (χ4v) is 3.53. The molecule has 0 amide bonds. The molecule has 1 aliphatic heterocycles. The highest BCUT2D eigenvalue weighted by Crippen LogP contribution is 2.26. The van der Waals surface area contributed by atoms with Crippen LogP contribution in [-0.4, -0.2) is 50.9 Å². The second-order valence-electron chi connectivity index (χ2n) is 5.85. The third kappa shape index (κ3) is 3.36. The summed E-state index contributed by atoms with van der Waals surface area (Å²) < 4.78 is 25.3. The van der Waals surface area contributed by atoms with E-state index in [0.29, 0.717) is 12.5 Å². The molecule has 2 N–H and O–H groups in total. The van der Waals surface area contributed by atoms with Crippen LogP contribution >= 0.6 is 0 Å². The van der Waals surface area contributed by atoms with Crippen LogP contribution in [0.5, 0.6) is 0 Å². The van der Waals surface area contributed by atoms with Gasteiger partial charge in [0.05, 0.1) is 0 Å². The minimum Gasteiger partial charge on any atom is -0.352 e. The van der Waals surface area contributed by atoms with Crippen molar-refractivity contribution in [3.63, 3.8) is 0 Å². The second-order valence-corrected chi connectivity index (χ2v) is 8.00. The summed E-state index contributed by atoms with van der Waals surface area (Å²) in [7, 11) is -0.397. The highest BCUT2D eigenvalue weighted by Gasteiger charge is 2.26. The summed E-state index contributed by atoms with van der Waals surface area (Å²) in [5.74, 6) is 1.47. The lowest BCUT2D eigenvalue weighted by Crippen LogP contribution is -2.46. The van der Waals surface area contributed by atoms with E-state index >= 15 is 0 Å². The van der Waals surface area contributed by atoms with Crippen LogP contribution in [0.15, 0.2) is 23.2 Å². The maximum Gasteiger partial charge on any atom is 0.244 e. The first-order valence-corrected chi connectivity index (χ1v) is 8.65. The molecule has 7 heteroatoms. The number of sulfonamides is 1. The molecule has 1 aromatic rings. The van der Waals surface area contributed by atoms with E-state index in [2.05, 4.69) is 16.8 Å². The Balaban J connectivity index is 2.23. The molecule has 2 rings (SSSR count). The first-order valence-electron chi connectivity index (χ1n) is 7.21. The monoisotopic (exact) mass is 312 g/mol. The van der Waals surface area contributed by atoms with Gasteiger partial charge in [0.15, 0.2) is 0 Å². The molecule has 2 atom stereocenters. The summed E-state index contributed by atoms with van der Waals surface area (Å²) in [6.07, 6.45) is 3.59. The second kappa shape index (κ2) is 6.29. The van der Waals surface area contributed by atoms with Crippen molar-refractivity contribution >= 4 is 15.8 Å². The van der Waals surface area contributed by atoms with Gasteiger partial charge < -0.3 is 10.6 Å². The van der Waals surface area contributed by atoms with Crippen LogP contribution < -0.4 is 10.6 Å². The highest BCUT2D eigenvalue weighted by atomic mass is 32.2. The van der Waals surface area contributed by atoms with Gasteiger partial charge in [0, 0.05) is 39.4 Å². The van der Waals surface area contributed by atoms with E-state index < -0.39 is 10.0 Å². The molecule has 6 nitrogen and oxygen atoms in total. The minimum atomic E-state index is -3.42. The highest BCUT2D eigenvalue weighted by molar-refractivity contribution is 7.89. The maximum absolute atomic E-state index is 12.0. The molecular weight excluding hydrogens is 288 g/mol. The van der Waals surface area contributed by atoms with Crippen molar-refractivity contribution in [3.8, 4) is 0 Å². The van der Waals surface area contributed by atoms with Crippen molar-refractivity contribution in [2.24, 2.45) is 11.7 Å². The van der Waals surface area contributed by atoms with Crippen LogP contribution in [0, 0.1) is 5.92 Å². The van der Waals surface area contributed by atoms with Gasteiger partial charge in [-0.25, -0.2) is 17.7 Å². The van der Waals surface area contributed by atoms with Crippen molar-refractivity contribution < 1.29 is 8.42 Å². The van der Waals surface area contributed by atoms with Gasteiger partial charge in [0.1, 0.15) is 10.7 Å². The summed E-state index contributed by atoms with van der Waals surface area (Å²) in [6, 6.07) is 3.66. The summed E-state index contributed by atoms with van der Waals surface area (Å²) >= 11 is 0.